The van der Waals surface area contributed by atoms with Gasteiger partial charge in [-0.3, -0.25) is 0 Å². The quantitative estimate of drug-likeness (QED) is 0.302. The van der Waals surface area contributed by atoms with E-state index in [-0.39, 0.29) is 16.1 Å². The van der Waals surface area contributed by atoms with E-state index in [0.29, 0.717) is 5.02 Å². The van der Waals surface area contributed by atoms with Crippen LogP contribution in [0.4, 0.5) is 39.5 Å². The number of halogens is 11. The van der Waals surface area contributed by atoms with Gasteiger partial charge in [-0.2, -0.15) is 39.5 Å². The van der Waals surface area contributed by atoms with Gasteiger partial charge in [-0.25, -0.2) is 0 Å². The highest BCUT2D eigenvalue weighted by molar-refractivity contribution is 6.30. The van der Waals surface area contributed by atoms with Gasteiger partial charge in [0.25, 0.3) is 0 Å². The summed E-state index contributed by atoms with van der Waals surface area (Å²) in [5.74, 6) is -15.3. The van der Waals surface area contributed by atoms with Crippen LogP contribution in [0, 0.1) is 11.8 Å². The molecule has 11 heteroatoms. The third-order valence-corrected chi connectivity index (χ3v) is 4.34. The molecule has 0 radical (unpaired) electrons. The van der Waals surface area contributed by atoms with Crippen LogP contribution in [0.1, 0.15) is 11.1 Å². The van der Waals surface area contributed by atoms with E-state index < -0.39 is 35.6 Å². The van der Waals surface area contributed by atoms with Crippen LogP contribution in [0.15, 0.2) is 54.6 Å². The Hall–Kier alpha value is -2.31. The smallest absolute Gasteiger partial charge is 0.195 e. The summed E-state index contributed by atoms with van der Waals surface area (Å²) in [5.41, 5.74) is -1.01. The van der Waals surface area contributed by atoms with Crippen LogP contribution < -0.4 is 0 Å². The highest BCUT2D eigenvalue weighted by Crippen LogP contribution is 2.53. The molecule has 0 saturated heterocycles. The molecule has 0 unspecified atom stereocenters. The summed E-state index contributed by atoms with van der Waals surface area (Å²) in [4.78, 5) is 0. The predicted molar refractivity (Wildman–Crippen MR) is 98.7 cm³/mol. The van der Waals surface area contributed by atoms with Gasteiger partial charge in [0, 0.05) is 27.3 Å². The zero-order valence-corrected chi connectivity index (χ0v) is 16.4. The minimum atomic E-state index is -7.01. The first-order valence-corrected chi connectivity index (χ1v) is 8.80. The number of benzene rings is 2. The minimum Gasteiger partial charge on any atom is -0.195 e. The fraction of sp³-hybridized carbons (Fsp3) is 0.200. The first-order valence-electron chi connectivity index (χ1n) is 8.05. The lowest BCUT2D eigenvalue weighted by atomic mass is 9.98. The first-order chi connectivity index (χ1) is 14.1. The highest BCUT2D eigenvalue weighted by Gasteiger charge is 2.81. The molecule has 0 saturated carbocycles. The minimum absolute atomic E-state index is 0.120. The molecule has 0 spiro atoms. The Morgan fingerprint density at radius 1 is 0.677 bits per heavy atom. The van der Waals surface area contributed by atoms with Crippen molar-refractivity contribution in [2.45, 2.75) is 23.9 Å². The Kier molecular flexibility index (Phi) is 6.98. The molecule has 0 fully saturated rings. The van der Waals surface area contributed by atoms with E-state index in [4.69, 9.17) is 23.2 Å². The lowest BCUT2D eigenvalue weighted by Crippen LogP contribution is -2.60. The molecule has 0 amide bonds. The summed E-state index contributed by atoms with van der Waals surface area (Å²) in [6.07, 6.45) is -7.64. The average Bonchev–Trinajstić information content (AvgIpc) is 2.66. The molecule has 0 N–H and O–H groups in total. The Bertz CT molecular complexity index is 1010. The standard InChI is InChI=1S/C20H9Cl2F9/c21-15-7-2-12(3-8-15)1-4-14(13-5-9-16(22)10-6-13)11-17(23,24)18(25,26)19(27,28)20(29,30)31/h2-3,5-11H/b14-11-. The molecule has 0 aliphatic heterocycles. The third-order valence-electron chi connectivity index (χ3n) is 3.84. The van der Waals surface area contributed by atoms with Gasteiger partial charge in [-0.05, 0) is 42.0 Å². The van der Waals surface area contributed by atoms with E-state index in [1.807, 2.05) is 0 Å². The Labute approximate surface area is 180 Å². The summed E-state index contributed by atoms with van der Waals surface area (Å²) in [6, 6.07) is 9.89. The van der Waals surface area contributed by atoms with Gasteiger partial charge in [-0.1, -0.05) is 47.2 Å². The van der Waals surface area contributed by atoms with E-state index >= 15 is 0 Å². The molecule has 2 aromatic carbocycles. The van der Waals surface area contributed by atoms with Crippen LogP contribution >= 0.6 is 23.2 Å². The van der Waals surface area contributed by atoms with Crippen molar-refractivity contribution in [2.75, 3.05) is 0 Å². The SMILES string of the molecule is FC(F)(F)C(F)(F)C(F)(F)C(F)(F)/C=C(/C#Cc1ccc(Cl)cc1)c1ccc(Cl)cc1. The highest BCUT2D eigenvalue weighted by atomic mass is 35.5. The number of rotatable bonds is 4. The molecular weight excluding hydrogens is 482 g/mol. The maximum Gasteiger partial charge on any atom is 0.460 e. The molecule has 0 nitrogen and oxygen atoms in total. The van der Waals surface area contributed by atoms with E-state index in [9.17, 15) is 39.5 Å². The van der Waals surface area contributed by atoms with Crippen molar-refractivity contribution in [1.29, 1.82) is 0 Å². The zero-order valence-electron chi connectivity index (χ0n) is 14.9. The molecule has 166 valence electrons. The van der Waals surface area contributed by atoms with Crippen molar-refractivity contribution < 1.29 is 39.5 Å². The Morgan fingerprint density at radius 3 is 1.58 bits per heavy atom. The van der Waals surface area contributed by atoms with Crippen molar-refractivity contribution in [3.8, 4) is 11.8 Å². The Morgan fingerprint density at radius 2 is 1.13 bits per heavy atom. The number of hydrogen-bond donors (Lipinski definition) is 0. The normalized spacial score (nSPS) is 13.6. The summed E-state index contributed by atoms with van der Waals surface area (Å²) in [5, 5.41) is 0.425. The van der Waals surface area contributed by atoms with Crippen LogP contribution in [0.2, 0.25) is 10.0 Å². The molecule has 0 bridgehead atoms. The van der Waals surface area contributed by atoms with E-state index in [0.717, 1.165) is 24.3 Å². The van der Waals surface area contributed by atoms with Gasteiger partial charge in [-0.15, -0.1) is 0 Å². The molecule has 0 aliphatic carbocycles. The van der Waals surface area contributed by atoms with Crippen molar-refractivity contribution >= 4 is 28.8 Å². The molecule has 0 atom stereocenters. The topological polar surface area (TPSA) is 0 Å². The average molecular weight is 491 g/mol. The van der Waals surface area contributed by atoms with Gasteiger partial charge < -0.3 is 0 Å². The molecule has 0 aromatic heterocycles. The second kappa shape index (κ2) is 8.67. The van der Waals surface area contributed by atoms with Crippen LogP contribution in [-0.4, -0.2) is 23.9 Å². The lowest BCUT2D eigenvalue weighted by molar-refractivity contribution is -0.388. The van der Waals surface area contributed by atoms with Crippen molar-refractivity contribution in [3.63, 3.8) is 0 Å². The van der Waals surface area contributed by atoms with E-state index in [1.54, 1.807) is 0 Å². The van der Waals surface area contributed by atoms with Gasteiger partial charge in [0.1, 0.15) is 0 Å². The van der Waals surface area contributed by atoms with Crippen LogP contribution in [0.3, 0.4) is 0 Å². The summed E-state index contributed by atoms with van der Waals surface area (Å²) in [6.45, 7) is 0. The van der Waals surface area contributed by atoms with E-state index in [1.165, 1.54) is 24.3 Å². The molecule has 0 aliphatic rings. The van der Waals surface area contributed by atoms with Crippen LogP contribution in [0.5, 0.6) is 0 Å². The van der Waals surface area contributed by atoms with E-state index in [2.05, 4.69) is 11.8 Å². The summed E-state index contributed by atoms with van der Waals surface area (Å²) < 4.78 is 119. The molecule has 2 rings (SSSR count). The largest absolute Gasteiger partial charge is 0.460 e. The third kappa shape index (κ3) is 5.31. The maximum absolute atomic E-state index is 14.1. The number of allylic oxidation sites excluding steroid dienone is 2. The van der Waals surface area contributed by atoms with Gasteiger partial charge in [0.2, 0.25) is 0 Å². The molecule has 0 heterocycles. The lowest BCUT2D eigenvalue weighted by Gasteiger charge is -2.32. The molecule has 2 aromatic rings. The second-order valence-electron chi connectivity index (χ2n) is 6.09. The number of alkyl halides is 9. The summed E-state index contributed by atoms with van der Waals surface area (Å²) >= 11 is 11.3. The van der Waals surface area contributed by atoms with Gasteiger partial charge >= 0.3 is 23.9 Å². The molecule has 31 heavy (non-hydrogen) atoms. The van der Waals surface area contributed by atoms with Crippen LogP contribution in [0.25, 0.3) is 5.57 Å². The zero-order chi connectivity index (χ0) is 23.7. The van der Waals surface area contributed by atoms with Crippen LogP contribution in [-0.2, 0) is 0 Å². The van der Waals surface area contributed by atoms with Crippen molar-refractivity contribution in [3.05, 3.63) is 75.8 Å². The summed E-state index contributed by atoms with van der Waals surface area (Å²) in [7, 11) is 0. The fourth-order valence-electron chi connectivity index (χ4n) is 2.15. The molecular formula is C20H9Cl2F9. The van der Waals surface area contributed by atoms with Gasteiger partial charge in [0.15, 0.2) is 0 Å². The first kappa shape index (κ1) is 25.0. The van der Waals surface area contributed by atoms with Gasteiger partial charge in [0.05, 0.1) is 0 Å². The fourth-order valence-corrected chi connectivity index (χ4v) is 2.40. The van der Waals surface area contributed by atoms with Crippen molar-refractivity contribution in [2.24, 2.45) is 0 Å². The second-order valence-corrected chi connectivity index (χ2v) is 6.96. The Balaban J connectivity index is 2.62. The van der Waals surface area contributed by atoms with Crippen molar-refractivity contribution in [1.82, 2.24) is 0 Å². The maximum atomic E-state index is 14.1. The number of hydrogen-bond acceptors (Lipinski definition) is 0. The predicted octanol–water partition coefficient (Wildman–Crippen LogP) is 7.90. The monoisotopic (exact) mass is 490 g/mol.